The third-order valence-electron chi connectivity index (χ3n) is 6.30. The van der Waals surface area contributed by atoms with Crippen LogP contribution in [0.2, 0.25) is 0 Å². The molecule has 2 rings (SSSR count). The highest BCUT2D eigenvalue weighted by Gasteiger charge is 2.32. The minimum atomic E-state index is -0.900. The molecule has 1 unspecified atom stereocenters. The van der Waals surface area contributed by atoms with Crippen molar-refractivity contribution in [2.24, 2.45) is 5.92 Å². The Labute approximate surface area is 200 Å². The molecule has 1 atom stereocenters. The van der Waals surface area contributed by atoms with Gasteiger partial charge in [0.05, 0.1) is 5.92 Å². The maximum absolute atomic E-state index is 13.1. The number of rotatable bonds is 18. The zero-order valence-corrected chi connectivity index (χ0v) is 20.3. The first-order chi connectivity index (χ1) is 16.1. The summed E-state index contributed by atoms with van der Waals surface area (Å²) in [4.78, 5) is 38.8. The maximum atomic E-state index is 13.1. The summed E-state index contributed by atoms with van der Waals surface area (Å²) in [5.74, 6) is -2.29. The predicted octanol–water partition coefficient (Wildman–Crippen LogP) is 8.03. The van der Waals surface area contributed by atoms with Gasteiger partial charge in [0.25, 0.3) is 0 Å². The Bertz CT molecular complexity index is 826. The predicted molar refractivity (Wildman–Crippen MR) is 136 cm³/mol. The minimum absolute atomic E-state index is 0.243. The molecule has 178 valence electrons. The molecular formula is C30H40O3. The van der Waals surface area contributed by atoms with Gasteiger partial charge in [-0.3, -0.25) is 14.4 Å². The normalized spacial score (nSPS) is 11.8. The third-order valence-corrected chi connectivity index (χ3v) is 6.30. The lowest BCUT2D eigenvalue weighted by Crippen LogP contribution is -2.30. The van der Waals surface area contributed by atoms with Crippen LogP contribution < -0.4 is 0 Å². The summed E-state index contributed by atoms with van der Waals surface area (Å²) in [6.07, 6.45) is 15.1. The van der Waals surface area contributed by atoms with Gasteiger partial charge >= 0.3 is 0 Å². The lowest BCUT2D eigenvalue weighted by atomic mass is 9.85. The van der Waals surface area contributed by atoms with E-state index in [1.807, 2.05) is 6.07 Å². The van der Waals surface area contributed by atoms with Crippen LogP contribution in [0.4, 0.5) is 0 Å². The lowest BCUT2D eigenvalue weighted by Gasteiger charge is -2.14. The summed E-state index contributed by atoms with van der Waals surface area (Å²) in [5, 5.41) is 0. The van der Waals surface area contributed by atoms with Gasteiger partial charge in [-0.1, -0.05) is 145 Å². The SMILES string of the molecule is CCCCCCCCCCCCCCC(C(=O)C(=O)c1ccccc1)C(=O)c1ccccc1. The molecule has 0 spiro atoms. The molecule has 0 saturated carbocycles. The molecule has 0 aliphatic carbocycles. The molecule has 2 aromatic carbocycles. The molecule has 2 aromatic rings. The summed E-state index contributed by atoms with van der Waals surface area (Å²) in [6.45, 7) is 2.25. The van der Waals surface area contributed by atoms with Gasteiger partial charge in [-0.2, -0.15) is 0 Å². The van der Waals surface area contributed by atoms with Crippen molar-refractivity contribution in [2.75, 3.05) is 0 Å². The molecule has 0 bridgehead atoms. The van der Waals surface area contributed by atoms with Crippen LogP contribution in [-0.4, -0.2) is 17.3 Å². The first-order valence-electron chi connectivity index (χ1n) is 12.9. The number of hydrogen-bond donors (Lipinski definition) is 0. The van der Waals surface area contributed by atoms with Crippen LogP contribution in [0.15, 0.2) is 60.7 Å². The average molecular weight is 449 g/mol. The van der Waals surface area contributed by atoms with Crippen LogP contribution >= 0.6 is 0 Å². The van der Waals surface area contributed by atoms with Crippen LogP contribution in [0.1, 0.15) is 111 Å². The highest BCUT2D eigenvalue weighted by Crippen LogP contribution is 2.21. The number of carbonyl (C=O) groups is 3. The van der Waals surface area contributed by atoms with Crippen LogP contribution in [0.5, 0.6) is 0 Å². The van der Waals surface area contributed by atoms with E-state index in [1.54, 1.807) is 54.6 Å². The zero-order valence-electron chi connectivity index (χ0n) is 20.3. The van der Waals surface area contributed by atoms with Gasteiger partial charge in [0.1, 0.15) is 0 Å². The highest BCUT2D eigenvalue weighted by molar-refractivity contribution is 6.47. The van der Waals surface area contributed by atoms with Gasteiger partial charge < -0.3 is 0 Å². The average Bonchev–Trinajstić information content (AvgIpc) is 2.87. The fourth-order valence-corrected chi connectivity index (χ4v) is 4.26. The van der Waals surface area contributed by atoms with Crippen molar-refractivity contribution >= 4 is 17.3 Å². The van der Waals surface area contributed by atoms with Crippen molar-refractivity contribution in [3.05, 3.63) is 71.8 Å². The first kappa shape index (κ1) is 26.7. The monoisotopic (exact) mass is 448 g/mol. The van der Waals surface area contributed by atoms with Gasteiger partial charge in [0.2, 0.25) is 11.6 Å². The summed E-state index contributed by atoms with van der Waals surface area (Å²) < 4.78 is 0. The molecule has 3 nitrogen and oxygen atoms in total. The fraction of sp³-hybridized carbons (Fsp3) is 0.500. The standard InChI is InChI=1S/C30H40O3/c1-2-3-4-5-6-7-8-9-10-11-12-19-24-27(28(31)25-20-15-13-16-21-25)30(33)29(32)26-22-17-14-18-23-26/h13-18,20-23,27H,2-12,19,24H2,1H3. The van der Waals surface area contributed by atoms with Crippen molar-refractivity contribution in [3.63, 3.8) is 0 Å². The van der Waals surface area contributed by atoms with E-state index >= 15 is 0 Å². The molecule has 0 aliphatic heterocycles. The van der Waals surface area contributed by atoms with Crippen molar-refractivity contribution in [2.45, 2.75) is 90.4 Å². The van der Waals surface area contributed by atoms with Gasteiger partial charge in [-0.05, 0) is 6.42 Å². The van der Waals surface area contributed by atoms with Crippen molar-refractivity contribution in [1.29, 1.82) is 0 Å². The summed E-state index contributed by atoms with van der Waals surface area (Å²) in [6, 6.07) is 17.4. The number of benzene rings is 2. The van der Waals surface area contributed by atoms with Crippen LogP contribution in [-0.2, 0) is 4.79 Å². The number of Topliss-reactive ketones (excluding diaryl/α,β-unsaturated/α-hetero) is 3. The van der Waals surface area contributed by atoms with E-state index in [4.69, 9.17) is 0 Å². The van der Waals surface area contributed by atoms with Crippen molar-refractivity contribution in [3.8, 4) is 0 Å². The Morgan fingerprint density at radius 3 is 1.48 bits per heavy atom. The molecule has 0 saturated heterocycles. The van der Waals surface area contributed by atoms with E-state index in [0.29, 0.717) is 17.5 Å². The van der Waals surface area contributed by atoms with E-state index in [1.165, 1.54) is 57.8 Å². The molecule has 0 aromatic heterocycles. The molecule has 0 aliphatic rings. The summed E-state index contributed by atoms with van der Waals surface area (Å²) >= 11 is 0. The maximum Gasteiger partial charge on any atom is 0.229 e. The quantitative estimate of drug-likeness (QED) is 0.100. The Hall–Kier alpha value is -2.55. The second kappa shape index (κ2) is 16.1. The van der Waals surface area contributed by atoms with E-state index in [2.05, 4.69) is 6.92 Å². The second-order valence-corrected chi connectivity index (χ2v) is 9.02. The Morgan fingerprint density at radius 1 is 0.576 bits per heavy atom. The van der Waals surface area contributed by atoms with Crippen LogP contribution in [0.3, 0.4) is 0 Å². The van der Waals surface area contributed by atoms with Gasteiger partial charge in [-0.15, -0.1) is 0 Å². The van der Waals surface area contributed by atoms with E-state index in [-0.39, 0.29) is 5.78 Å². The number of carbonyl (C=O) groups excluding carboxylic acids is 3. The molecule has 33 heavy (non-hydrogen) atoms. The number of hydrogen-bond acceptors (Lipinski definition) is 3. The molecule has 0 radical (unpaired) electrons. The van der Waals surface area contributed by atoms with Gasteiger partial charge in [0, 0.05) is 11.1 Å². The van der Waals surface area contributed by atoms with E-state index in [9.17, 15) is 14.4 Å². The fourth-order valence-electron chi connectivity index (χ4n) is 4.26. The summed E-state index contributed by atoms with van der Waals surface area (Å²) in [7, 11) is 0. The molecular weight excluding hydrogens is 408 g/mol. The lowest BCUT2D eigenvalue weighted by molar-refractivity contribution is -0.117. The molecule has 3 heteroatoms. The topological polar surface area (TPSA) is 51.2 Å². The number of unbranched alkanes of at least 4 members (excludes halogenated alkanes) is 11. The van der Waals surface area contributed by atoms with Gasteiger partial charge in [0.15, 0.2) is 5.78 Å². The van der Waals surface area contributed by atoms with E-state index < -0.39 is 17.5 Å². The van der Waals surface area contributed by atoms with Crippen molar-refractivity contribution < 1.29 is 14.4 Å². The Balaban J connectivity index is 1.80. The van der Waals surface area contributed by atoms with Crippen LogP contribution in [0, 0.1) is 5.92 Å². The zero-order chi connectivity index (χ0) is 23.7. The first-order valence-corrected chi connectivity index (χ1v) is 12.9. The van der Waals surface area contributed by atoms with Gasteiger partial charge in [-0.25, -0.2) is 0 Å². The summed E-state index contributed by atoms with van der Waals surface area (Å²) in [5.41, 5.74) is 0.846. The third kappa shape index (κ3) is 9.86. The van der Waals surface area contributed by atoms with Crippen LogP contribution in [0.25, 0.3) is 0 Å². The largest absolute Gasteiger partial charge is 0.293 e. The Kier molecular flexibility index (Phi) is 13.0. The molecule has 0 heterocycles. The second-order valence-electron chi connectivity index (χ2n) is 9.02. The molecule has 0 fully saturated rings. The Morgan fingerprint density at radius 2 is 1.00 bits per heavy atom. The van der Waals surface area contributed by atoms with E-state index in [0.717, 1.165) is 19.3 Å². The smallest absolute Gasteiger partial charge is 0.229 e. The number of ketones is 3. The minimum Gasteiger partial charge on any atom is -0.293 e. The molecule has 0 amide bonds. The highest BCUT2D eigenvalue weighted by atomic mass is 16.2. The van der Waals surface area contributed by atoms with Crippen molar-refractivity contribution in [1.82, 2.24) is 0 Å². The molecule has 0 N–H and O–H groups in total.